The van der Waals surface area contributed by atoms with E-state index in [-0.39, 0.29) is 0 Å². The Kier molecular flexibility index (Phi) is 11.1. The van der Waals surface area contributed by atoms with Crippen molar-refractivity contribution in [3.8, 4) is 0 Å². The summed E-state index contributed by atoms with van der Waals surface area (Å²) in [5, 5.41) is 24.6. The molecule has 0 aromatic carbocycles. The van der Waals surface area contributed by atoms with Gasteiger partial charge in [-0.15, -0.1) is 0 Å². The molecule has 0 aliphatic carbocycles. The van der Waals surface area contributed by atoms with Crippen LogP contribution in [-0.4, -0.2) is 71.7 Å². The highest BCUT2D eigenvalue weighted by molar-refractivity contribution is 5.92. The van der Waals surface area contributed by atoms with Gasteiger partial charge in [0.05, 0.1) is 18.7 Å². The van der Waals surface area contributed by atoms with Crippen molar-refractivity contribution in [2.75, 3.05) is 19.6 Å². The zero-order valence-corrected chi connectivity index (χ0v) is 14.2. The van der Waals surface area contributed by atoms with Gasteiger partial charge in [0.2, 0.25) is 17.7 Å². The van der Waals surface area contributed by atoms with Gasteiger partial charge in [-0.25, -0.2) is 0 Å². The van der Waals surface area contributed by atoms with E-state index in [0.29, 0.717) is 19.4 Å². The predicted molar refractivity (Wildman–Crippen MR) is 88.1 cm³/mol. The van der Waals surface area contributed by atoms with E-state index in [1.807, 2.05) is 5.32 Å². The standard InChI is InChI=1S/C14H27N5O6/c1-8(20)12(14(25)18-7-11(22)23)19-10(21)6-17-13(24)9(16)4-2-3-5-15/h8-9,12,20H,2-7,15-16H2,1H3,(H,17,24)(H,18,25)(H,19,21)(H,22,23). The summed E-state index contributed by atoms with van der Waals surface area (Å²) in [7, 11) is 0. The molecule has 11 heteroatoms. The number of carboxylic acid groups (broad SMARTS) is 1. The Labute approximate surface area is 145 Å². The van der Waals surface area contributed by atoms with Crippen LogP contribution < -0.4 is 27.4 Å². The number of nitrogens with one attached hydrogen (secondary N) is 3. The van der Waals surface area contributed by atoms with Crippen LogP contribution >= 0.6 is 0 Å². The van der Waals surface area contributed by atoms with Crippen LogP contribution in [0.2, 0.25) is 0 Å². The maximum Gasteiger partial charge on any atom is 0.322 e. The summed E-state index contributed by atoms with van der Waals surface area (Å²) in [6.07, 6.45) is 0.596. The maximum atomic E-state index is 11.8. The number of unbranched alkanes of at least 4 members (excludes halogenated alkanes) is 1. The van der Waals surface area contributed by atoms with Crippen molar-refractivity contribution in [3.05, 3.63) is 0 Å². The van der Waals surface area contributed by atoms with E-state index in [2.05, 4.69) is 10.6 Å². The molecule has 0 radical (unpaired) electrons. The summed E-state index contributed by atoms with van der Waals surface area (Å²) < 4.78 is 0. The van der Waals surface area contributed by atoms with Crippen LogP contribution in [0.15, 0.2) is 0 Å². The molecule has 0 saturated heterocycles. The molecule has 3 unspecified atom stereocenters. The number of carbonyl (C=O) groups excluding carboxylic acids is 3. The largest absolute Gasteiger partial charge is 0.480 e. The van der Waals surface area contributed by atoms with Crippen molar-refractivity contribution in [1.82, 2.24) is 16.0 Å². The van der Waals surface area contributed by atoms with E-state index in [9.17, 15) is 24.3 Å². The van der Waals surface area contributed by atoms with Gasteiger partial charge in [-0.2, -0.15) is 0 Å². The third kappa shape index (κ3) is 10.3. The topological polar surface area (TPSA) is 197 Å². The molecular weight excluding hydrogens is 334 g/mol. The monoisotopic (exact) mass is 361 g/mol. The number of carboxylic acids is 1. The minimum atomic E-state index is -1.35. The molecule has 0 bridgehead atoms. The molecule has 9 N–H and O–H groups in total. The minimum absolute atomic E-state index is 0.429. The van der Waals surface area contributed by atoms with Gasteiger partial charge in [0.1, 0.15) is 12.6 Å². The Morgan fingerprint density at radius 3 is 2.16 bits per heavy atom. The zero-order chi connectivity index (χ0) is 19.4. The average molecular weight is 361 g/mol. The molecule has 0 saturated carbocycles. The fraction of sp³-hybridized carbons (Fsp3) is 0.714. The first kappa shape index (κ1) is 22.8. The number of amides is 3. The van der Waals surface area contributed by atoms with Gasteiger partial charge in [0.15, 0.2) is 0 Å². The van der Waals surface area contributed by atoms with E-state index in [4.69, 9.17) is 16.6 Å². The second-order valence-electron chi connectivity index (χ2n) is 5.51. The SMILES string of the molecule is CC(O)C(NC(=O)CNC(=O)C(N)CCCCN)C(=O)NCC(=O)O. The summed E-state index contributed by atoms with van der Waals surface area (Å²) in [6, 6.07) is -2.12. The molecule has 11 nitrogen and oxygen atoms in total. The van der Waals surface area contributed by atoms with E-state index >= 15 is 0 Å². The van der Waals surface area contributed by atoms with E-state index in [1.54, 1.807) is 0 Å². The number of hydrogen-bond acceptors (Lipinski definition) is 7. The lowest BCUT2D eigenvalue weighted by Gasteiger charge is -2.20. The fourth-order valence-corrected chi connectivity index (χ4v) is 1.84. The Bertz CT molecular complexity index is 471. The first-order valence-corrected chi connectivity index (χ1v) is 7.89. The van der Waals surface area contributed by atoms with E-state index in [1.165, 1.54) is 6.92 Å². The van der Waals surface area contributed by atoms with Gasteiger partial charge < -0.3 is 37.6 Å². The number of nitrogens with two attached hydrogens (primary N) is 2. The Balaban J connectivity index is 4.36. The summed E-state index contributed by atoms with van der Waals surface area (Å²) in [5.74, 6) is -3.36. The lowest BCUT2D eigenvalue weighted by Crippen LogP contribution is -2.55. The molecule has 0 aliphatic rings. The molecule has 25 heavy (non-hydrogen) atoms. The highest BCUT2D eigenvalue weighted by Crippen LogP contribution is 1.98. The molecule has 0 aromatic heterocycles. The molecule has 0 heterocycles. The molecule has 3 amide bonds. The van der Waals surface area contributed by atoms with Gasteiger partial charge in [-0.3, -0.25) is 19.2 Å². The molecule has 3 atom stereocenters. The molecule has 0 aromatic rings. The molecule has 0 fully saturated rings. The van der Waals surface area contributed by atoms with Gasteiger partial charge in [0.25, 0.3) is 0 Å². The lowest BCUT2D eigenvalue weighted by atomic mass is 10.1. The smallest absolute Gasteiger partial charge is 0.322 e. The van der Waals surface area contributed by atoms with Crippen molar-refractivity contribution in [2.24, 2.45) is 11.5 Å². The Morgan fingerprint density at radius 2 is 1.64 bits per heavy atom. The molecule has 0 rings (SSSR count). The van der Waals surface area contributed by atoms with Crippen LogP contribution in [-0.2, 0) is 19.2 Å². The van der Waals surface area contributed by atoms with Gasteiger partial charge in [-0.1, -0.05) is 6.42 Å². The van der Waals surface area contributed by atoms with Crippen LogP contribution in [0, 0.1) is 0 Å². The van der Waals surface area contributed by atoms with E-state index < -0.39 is 55.0 Å². The van der Waals surface area contributed by atoms with Crippen LogP contribution in [0.25, 0.3) is 0 Å². The fourth-order valence-electron chi connectivity index (χ4n) is 1.84. The number of aliphatic carboxylic acids is 1. The second-order valence-corrected chi connectivity index (χ2v) is 5.51. The first-order chi connectivity index (χ1) is 11.7. The summed E-state index contributed by atoms with van der Waals surface area (Å²) >= 11 is 0. The predicted octanol–water partition coefficient (Wildman–Crippen LogP) is -3.37. The van der Waals surface area contributed by atoms with Crippen LogP contribution in [0.1, 0.15) is 26.2 Å². The Morgan fingerprint density at radius 1 is 1.04 bits per heavy atom. The third-order valence-electron chi connectivity index (χ3n) is 3.22. The van der Waals surface area contributed by atoms with Crippen LogP contribution in [0.4, 0.5) is 0 Å². The highest BCUT2D eigenvalue weighted by Gasteiger charge is 2.26. The van der Waals surface area contributed by atoms with Crippen LogP contribution in [0.3, 0.4) is 0 Å². The molecule has 0 aliphatic heterocycles. The average Bonchev–Trinajstić information content (AvgIpc) is 2.55. The highest BCUT2D eigenvalue weighted by atomic mass is 16.4. The van der Waals surface area contributed by atoms with Gasteiger partial charge in [0, 0.05) is 0 Å². The summed E-state index contributed by atoms with van der Waals surface area (Å²) in [5.41, 5.74) is 11.0. The third-order valence-corrected chi connectivity index (χ3v) is 3.22. The molecule has 0 spiro atoms. The van der Waals surface area contributed by atoms with Crippen molar-refractivity contribution in [1.29, 1.82) is 0 Å². The number of rotatable bonds is 12. The zero-order valence-electron chi connectivity index (χ0n) is 14.2. The number of aliphatic hydroxyl groups excluding tert-OH is 1. The quantitative estimate of drug-likeness (QED) is 0.175. The summed E-state index contributed by atoms with van der Waals surface area (Å²) in [6.45, 7) is 0.684. The van der Waals surface area contributed by atoms with Crippen molar-refractivity contribution in [2.45, 2.75) is 44.4 Å². The summed E-state index contributed by atoms with van der Waals surface area (Å²) in [4.78, 5) is 45.7. The Hall–Kier alpha value is -2.24. The van der Waals surface area contributed by atoms with Crippen LogP contribution in [0.5, 0.6) is 0 Å². The van der Waals surface area contributed by atoms with Gasteiger partial charge in [-0.05, 0) is 26.3 Å². The molecular formula is C14H27N5O6. The van der Waals surface area contributed by atoms with Gasteiger partial charge >= 0.3 is 5.97 Å². The second kappa shape index (κ2) is 12.2. The van der Waals surface area contributed by atoms with Crippen molar-refractivity contribution < 1.29 is 29.4 Å². The number of hydrogen-bond donors (Lipinski definition) is 7. The van der Waals surface area contributed by atoms with Crippen molar-refractivity contribution >= 4 is 23.7 Å². The maximum absolute atomic E-state index is 11.8. The lowest BCUT2D eigenvalue weighted by molar-refractivity contribution is -0.139. The first-order valence-electron chi connectivity index (χ1n) is 7.89. The van der Waals surface area contributed by atoms with E-state index in [0.717, 1.165) is 6.42 Å². The minimum Gasteiger partial charge on any atom is -0.480 e. The normalized spacial score (nSPS) is 14.1. The number of aliphatic hydroxyl groups is 1. The number of carbonyl (C=O) groups is 4. The molecule has 144 valence electrons. The van der Waals surface area contributed by atoms with Crippen molar-refractivity contribution in [3.63, 3.8) is 0 Å².